The quantitative estimate of drug-likeness (QED) is 0.144. The van der Waals surface area contributed by atoms with E-state index in [0.717, 1.165) is 28.6 Å². The third kappa shape index (κ3) is 7.27. The molecule has 38 heavy (non-hydrogen) atoms. The number of hydrogen-bond acceptors (Lipinski definition) is 4. The first-order valence-corrected chi connectivity index (χ1v) is 14.6. The summed E-state index contributed by atoms with van der Waals surface area (Å²) in [7, 11) is 0. The number of halogens is 1. The number of rotatable bonds is 12. The Hall–Kier alpha value is -3.09. The van der Waals surface area contributed by atoms with Crippen molar-refractivity contribution in [1.29, 1.82) is 0 Å². The van der Waals surface area contributed by atoms with Crippen LogP contribution in [0.4, 0.5) is 0 Å². The number of thioether (sulfide) groups is 1. The maximum Gasteiger partial charge on any atom is 0.251 e. The molecule has 0 aliphatic carbocycles. The fourth-order valence-electron chi connectivity index (χ4n) is 4.35. The van der Waals surface area contributed by atoms with Gasteiger partial charge in [0.15, 0.2) is 11.0 Å². The fraction of sp³-hybridized carbons (Fsp3) is 0.323. The van der Waals surface area contributed by atoms with Gasteiger partial charge in [-0.3, -0.25) is 9.36 Å². The number of benzene rings is 3. The Kier molecular flexibility index (Phi) is 10.0. The largest absolute Gasteiger partial charge is 0.342 e. The molecule has 3 aromatic carbocycles. The van der Waals surface area contributed by atoms with E-state index in [1.165, 1.54) is 36.8 Å². The zero-order valence-electron chi connectivity index (χ0n) is 22.3. The lowest BCUT2D eigenvalue weighted by Crippen LogP contribution is -2.28. The van der Waals surface area contributed by atoms with Crippen LogP contribution in [0.3, 0.4) is 0 Å². The highest BCUT2D eigenvalue weighted by Gasteiger charge is 2.23. The van der Waals surface area contributed by atoms with Gasteiger partial charge in [0, 0.05) is 16.3 Å². The first-order valence-electron chi connectivity index (χ1n) is 13.2. The summed E-state index contributed by atoms with van der Waals surface area (Å²) in [6.07, 6.45) is 5.97. The van der Waals surface area contributed by atoms with Gasteiger partial charge in [-0.05, 0) is 67.6 Å². The van der Waals surface area contributed by atoms with Crippen molar-refractivity contribution in [1.82, 2.24) is 20.1 Å². The molecule has 1 N–H and O–H groups in total. The van der Waals surface area contributed by atoms with E-state index < -0.39 is 0 Å². The van der Waals surface area contributed by atoms with Crippen LogP contribution >= 0.6 is 23.4 Å². The molecule has 4 aromatic rings. The molecule has 7 heteroatoms. The summed E-state index contributed by atoms with van der Waals surface area (Å²) in [6.45, 7) is 6.19. The SMILES string of the molecule is CCCCCCc1ccc(C(=O)NC(C)c2nnc(SCc3ccccc3)n2-c2cc(Cl)ccc2C)cc1. The molecule has 1 aromatic heterocycles. The zero-order valence-corrected chi connectivity index (χ0v) is 23.9. The highest BCUT2D eigenvalue weighted by Crippen LogP contribution is 2.30. The molecule has 4 rings (SSSR count). The van der Waals surface area contributed by atoms with Crippen LogP contribution in [0.5, 0.6) is 0 Å². The molecule has 0 fully saturated rings. The Bertz CT molecular complexity index is 1340. The van der Waals surface area contributed by atoms with E-state index in [1.54, 1.807) is 11.8 Å². The van der Waals surface area contributed by atoms with Gasteiger partial charge in [0.05, 0.1) is 11.7 Å². The first kappa shape index (κ1) is 27.9. The van der Waals surface area contributed by atoms with E-state index in [1.807, 2.05) is 66.9 Å². The minimum absolute atomic E-state index is 0.133. The van der Waals surface area contributed by atoms with Crippen LogP contribution in [0, 0.1) is 6.92 Å². The van der Waals surface area contributed by atoms with Gasteiger partial charge in [-0.2, -0.15) is 0 Å². The van der Waals surface area contributed by atoms with E-state index in [0.29, 0.717) is 16.4 Å². The van der Waals surface area contributed by atoms with Gasteiger partial charge in [0.25, 0.3) is 5.91 Å². The third-order valence-corrected chi connectivity index (χ3v) is 7.79. The average Bonchev–Trinajstić information content (AvgIpc) is 3.36. The molecule has 1 heterocycles. The number of carbonyl (C=O) groups is 1. The minimum Gasteiger partial charge on any atom is -0.342 e. The molecule has 1 unspecified atom stereocenters. The van der Waals surface area contributed by atoms with Crippen LogP contribution in [0.2, 0.25) is 5.02 Å². The van der Waals surface area contributed by atoms with Crippen LogP contribution in [-0.2, 0) is 12.2 Å². The molecule has 1 amide bonds. The highest BCUT2D eigenvalue weighted by atomic mass is 35.5. The average molecular weight is 547 g/mol. The van der Waals surface area contributed by atoms with Crippen molar-refractivity contribution in [2.45, 2.75) is 69.8 Å². The summed E-state index contributed by atoms with van der Waals surface area (Å²) in [5.41, 5.74) is 5.05. The van der Waals surface area contributed by atoms with Crippen molar-refractivity contribution in [3.05, 3.63) is 106 Å². The van der Waals surface area contributed by atoms with E-state index >= 15 is 0 Å². The van der Waals surface area contributed by atoms with Crippen molar-refractivity contribution >= 4 is 29.3 Å². The van der Waals surface area contributed by atoms with E-state index in [9.17, 15) is 4.79 Å². The highest BCUT2D eigenvalue weighted by molar-refractivity contribution is 7.98. The summed E-state index contributed by atoms with van der Waals surface area (Å²) in [6, 6.07) is 23.6. The van der Waals surface area contributed by atoms with Crippen LogP contribution in [0.1, 0.15) is 78.4 Å². The van der Waals surface area contributed by atoms with Crippen LogP contribution in [-0.4, -0.2) is 20.7 Å². The molecule has 0 aliphatic rings. The Morgan fingerprint density at radius 2 is 1.74 bits per heavy atom. The number of aryl methyl sites for hydroxylation is 2. The first-order chi connectivity index (χ1) is 18.5. The smallest absolute Gasteiger partial charge is 0.251 e. The van der Waals surface area contributed by atoms with Crippen LogP contribution < -0.4 is 5.32 Å². The Balaban J connectivity index is 1.53. The number of nitrogens with one attached hydrogen (secondary N) is 1. The Morgan fingerprint density at radius 1 is 0.974 bits per heavy atom. The zero-order chi connectivity index (χ0) is 26.9. The lowest BCUT2D eigenvalue weighted by Gasteiger charge is -2.18. The Morgan fingerprint density at radius 3 is 2.47 bits per heavy atom. The van der Waals surface area contributed by atoms with Crippen molar-refractivity contribution in [3.8, 4) is 5.69 Å². The van der Waals surface area contributed by atoms with E-state index in [-0.39, 0.29) is 11.9 Å². The van der Waals surface area contributed by atoms with Gasteiger partial charge in [0.2, 0.25) is 0 Å². The second kappa shape index (κ2) is 13.6. The molecule has 0 radical (unpaired) electrons. The van der Waals surface area contributed by atoms with Gasteiger partial charge in [-0.1, -0.05) is 98.1 Å². The molecule has 0 aliphatic heterocycles. The number of amides is 1. The predicted octanol–water partition coefficient (Wildman–Crippen LogP) is 8.14. The number of unbranched alkanes of at least 4 members (excludes halogenated alkanes) is 3. The van der Waals surface area contributed by atoms with Gasteiger partial charge in [-0.15, -0.1) is 10.2 Å². The maximum absolute atomic E-state index is 13.1. The second-order valence-corrected chi connectivity index (χ2v) is 11.0. The topological polar surface area (TPSA) is 59.8 Å². The fourth-order valence-corrected chi connectivity index (χ4v) is 5.42. The summed E-state index contributed by atoms with van der Waals surface area (Å²) >= 11 is 7.99. The molecule has 0 spiro atoms. The lowest BCUT2D eigenvalue weighted by molar-refractivity contribution is 0.0938. The van der Waals surface area contributed by atoms with Crippen LogP contribution in [0.15, 0.2) is 78.0 Å². The summed E-state index contributed by atoms with van der Waals surface area (Å²) < 4.78 is 2.01. The van der Waals surface area contributed by atoms with Gasteiger partial charge in [-0.25, -0.2) is 0 Å². The second-order valence-electron chi connectivity index (χ2n) is 9.58. The van der Waals surface area contributed by atoms with Crippen molar-refractivity contribution in [2.75, 3.05) is 0 Å². The number of aromatic nitrogens is 3. The molecule has 198 valence electrons. The monoisotopic (exact) mass is 546 g/mol. The van der Waals surface area contributed by atoms with Crippen LogP contribution in [0.25, 0.3) is 5.69 Å². The molecule has 5 nitrogen and oxygen atoms in total. The van der Waals surface area contributed by atoms with Crippen molar-refractivity contribution in [3.63, 3.8) is 0 Å². The Labute approximate surface area is 235 Å². The summed E-state index contributed by atoms with van der Waals surface area (Å²) in [4.78, 5) is 13.1. The summed E-state index contributed by atoms with van der Waals surface area (Å²) in [5.74, 6) is 1.28. The maximum atomic E-state index is 13.1. The normalized spacial score (nSPS) is 11.9. The predicted molar refractivity (Wildman–Crippen MR) is 157 cm³/mol. The van der Waals surface area contributed by atoms with E-state index in [2.05, 4.69) is 46.7 Å². The molecule has 0 saturated carbocycles. The minimum atomic E-state index is -0.367. The molecule has 1 atom stereocenters. The van der Waals surface area contributed by atoms with E-state index in [4.69, 9.17) is 11.6 Å². The molecular weight excluding hydrogens is 512 g/mol. The summed E-state index contributed by atoms with van der Waals surface area (Å²) in [5, 5.41) is 13.5. The van der Waals surface area contributed by atoms with Crippen molar-refractivity contribution in [2.24, 2.45) is 0 Å². The molecule has 0 saturated heterocycles. The van der Waals surface area contributed by atoms with Gasteiger partial charge in [0.1, 0.15) is 0 Å². The molecule has 0 bridgehead atoms. The van der Waals surface area contributed by atoms with Gasteiger partial charge < -0.3 is 5.32 Å². The lowest BCUT2D eigenvalue weighted by atomic mass is 10.0. The number of nitrogens with zero attached hydrogens (tertiary/aromatic N) is 3. The van der Waals surface area contributed by atoms with Crippen molar-refractivity contribution < 1.29 is 4.79 Å². The third-order valence-electron chi connectivity index (χ3n) is 6.55. The standard InChI is InChI=1S/C31H35ClN4OS/c1-4-5-6-8-11-24-15-17-26(18-16-24)30(37)33-23(3)29-34-35-31(38-21-25-12-9-7-10-13-25)36(29)28-20-27(32)19-14-22(28)2/h7,9-10,12-20,23H,4-6,8,11,21H2,1-3H3,(H,33,37). The number of carbonyl (C=O) groups excluding carboxylic acids is 1. The van der Waals surface area contributed by atoms with Gasteiger partial charge >= 0.3 is 0 Å². The number of hydrogen-bond donors (Lipinski definition) is 1. The molecular formula is C31H35ClN4OS.